The zero-order valence-electron chi connectivity index (χ0n) is 25.7. The van der Waals surface area contributed by atoms with E-state index in [2.05, 4.69) is 41.5 Å². The molecule has 0 fully saturated rings. The first kappa shape index (κ1) is 34.6. The summed E-state index contributed by atoms with van der Waals surface area (Å²) >= 11 is 0. The molecular formula is C36H43NO2RuS. The zero-order valence-corrected chi connectivity index (χ0v) is 28.3. The summed E-state index contributed by atoms with van der Waals surface area (Å²) < 4.78 is 26.7. The molecule has 0 saturated heterocycles. The van der Waals surface area contributed by atoms with Gasteiger partial charge in [0.15, 0.2) is 0 Å². The maximum absolute atomic E-state index is 13.4. The van der Waals surface area contributed by atoms with Crippen molar-refractivity contribution in [3.63, 3.8) is 0 Å². The van der Waals surface area contributed by atoms with Crippen LogP contribution in [0.4, 0.5) is 0 Å². The summed E-state index contributed by atoms with van der Waals surface area (Å²) in [6, 6.07) is 21.9. The van der Waals surface area contributed by atoms with Crippen molar-refractivity contribution >= 4 is 9.84 Å². The summed E-state index contributed by atoms with van der Waals surface area (Å²) in [5.41, 5.74) is 21.6. The molecule has 0 amide bonds. The first-order valence-corrected chi connectivity index (χ1v) is 15.3. The standard InChI is InChI=1S/C24H25NO2S.C12H18.Ru/c1-17-14-18(2)24(19(3)15-17)28(26,27)16-22(20-10-6-4-7-11-20)23(25)21-12-8-5-9-13-21;1-7-8(2)10(4)12(6)11(5)9(7)3;/h4-16,22-23,25H,1-3H3;1-6H3;/q-2;;+2/t22-,23-;;/m0../s1. The summed E-state index contributed by atoms with van der Waals surface area (Å²) in [6.07, 6.45) is 0. The van der Waals surface area contributed by atoms with Crippen molar-refractivity contribution in [3.05, 3.63) is 145 Å². The molecular weight excluding hydrogens is 612 g/mol. The molecule has 0 aliphatic heterocycles. The van der Waals surface area contributed by atoms with E-state index >= 15 is 0 Å². The third-order valence-corrected chi connectivity index (χ3v) is 10.2. The molecule has 0 spiro atoms. The topological polar surface area (TPSA) is 57.9 Å². The Bertz CT molecular complexity index is 1450. The van der Waals surface area contributed by atoms with Crippen molar-refractivity contribution in [2.75, 3.05) is 0 Å². The van der Waals surface area contributed by atoms with Crippen LogP contribution in [0.3, 0.4) is 0 Å². The van der Waals surface area contributed by atoms with Crippen molar-refractivity contribution in [2.45, 2.75) is 79.2 Å². The van der Waals surface area contributed by atoms with Crippen LogP contribution in [0, 0.1) is 68.1 Å². The van der Waals surface area contributed by atoms with Crippen LogP contribution in [0.1, 0.15) is 73.2 Å². The average molecular weight is 655 g/mol. The molecule has 0 aliphatic rings. The van der Waals surface area contributed by atoms with E-state index < -0.39 is 21.8 Å². The number of sulfone groups is 1. The summed E-state index contributed by atoms with van der Waals surface area (Å²) in [5, 5.41) is 0. The maximum atomic E-state index is 13.4. The summed E-state index contributed by atoms with van der Waals surface area (Å²) in [4.78, 5) is 0.347. The van der Waals surface area contributed by atoms with Crippen molar-refractivity contribution < 1.29 is 27.9 Å². The molecule has 0 aliphatic carbocycles. The van der Waals surface area contributed by atoms with Gasteiger partial charge >= 0.3 is 19.5 Å². The SMILES string of the molecule is Cc1c(C)c(C)c(C)c(C)c1C.Cc1cc(C)c(S(=O)(=O)[CH-][C@@H](c2ccccc2)[C@@H]([NH-])c2ccccc2)c(C)c1.[Ru+2]. The van der Waals surface area contributed by atoms with E-state index in [-0.39, 0.29) is 19.5 Å². The van der Waals surface area contributed by atoms with E-state index in [9.17, 15) is 8.42 Å². The Morgan fingerprint density at radius 1 is 0.585 bits per heavy atom. The van der Waals surface area contributed by atoms with Gasteiger partial charge in [0.1, 0.15) is 0 Å². The van der Waals surface area contributed by atoms with Crippen LogP contribution in [0.25, 0.3) is 5.73 Å². The number of rotatable bonds is 6. The molecule has 218 valence electrons. The van der Waals surface area contributed by atoms with Crippen LogP contribution in [0.15, 0.2) is 77.7 Å². The molecule has 41 heavy (non-hydrogen) atoms. The Balaban J connectivity index is 0.000000381. The van der Waals surface area contributed by atoms with Crippen LogP contribution < -0.4 is 0 Å². The molecule has 4 aromatic rings. The van der Waals surface area contributed by atoms with Gasteiger partial charge in [-0.25, -0.2) is 0 Å². The number of aryl methyl sites for hydroxylation is 3. The molecule has 0 bridgehead atoms. The fourth-order valence-electron chi connectivity index (χ4n) is 5.46. The molecule has 3 nitrogen and oxygen atoms in total. The van der Waals surface area contributed by atoms with Gasteiger partial charge in [-0.3, -0.25) is 8.42 Å². The van der Waals surface area contributed by atoms with Crippen LogP contribution >= 0.6 is 0 Å². The van der Waals surface area contributed by atoms with E-state index in [4.69, 9.17) is 5.73 Å². The van der Waals surface area contributed by atoms with E-state index in [1.54, 1.807) is 0 Å². The molecule has 0 heterocycles. The van der Waals surface area contributed by atoms with E-state index in [1.807, 2.05) is 93.6 Å². The first-order valence-electron chi connectivity index (χ1n) is 13.8. The van der Waals surface area contributed by atoms with Crippen molar-refractivity contribution in [2.24, 2.45) is 0 Å². The summed E-state index contributed by atoms with van der Waals surface area (Å²) in [5.74, 6) is 0.784. The Kier molecular flexibility index (Phi) is 12.3. The third-order valence-electron chi connectivity index (χ3n) is 8.29. The third kappa shape index (κ3) is 8.04. The van der Waals surface area contributed by atoms with Gasteiger partial charge in [0.05, 0.1) is 9.84 Å². The second-order valence-corrected chi connectivity index (χ2v) is 12.8. The number of hydrogen-bond acceptors (Lipinski definition) is 2. The number of hydrogen-bond donors (Lipinski definition) is 0. The Hall–Kier alpha value is -2.59. The quantitative estimate of drug-likeness (QED) is 0.154. The minimum Gasteiger partial charge on any atom is -0.672 e. The second kappa shape index (κ2) is 14.5. The van der Waals surface area contributed by atoms with Gasteiger partial charge in [-0.1, -0.05) is 89.5 Å². The van der Waals surface area contributed by atoms with E-state index in [0.717, 1.165) is 27.8 Å². The monoisotopic (exact) mass is 655 g/mol. The van der Waals surface area contributed by atoms with E-state index in [0.29, 0.717) is 4.90 Å². The minimum atomic E-state index is -3.68. The molecule has 2 atom stereocenters. The summed E-state index contributed by atoms with van der Waals surface area (Å²) in [7, 11) is -3.68. The second-order valence-electron chi connectivity index (χ2n) is 11.0. The van der Waals surface area contributed by atoms with Crippen molar-refractivity contribution in [1.29, 1.82) is 0 Å². The molecule has 0 aromatic heterocycles. The Morgan fingerprint density at radius 3 is 1.29 bits per heavy atom. The van der Waals surface area contributed by atoms with Gasteiger partial charge in [0.25, 0.3) is 0 Å². The van der Waals surface area contributed by atoms with Gasteiger partial charge in [-0.05, 0) is 107 Å². The van der Waals surface area contributed by atoms with Gasteiger partial charge in [0.2, 0.25) is 0 Å². The normalized spacial score (nSPS) is 12.5. The fraction of sp³-hybridized carbons (Fsp3) is 0.306. The molecule has 1 N–H and O–H groups in total. The smallest absolute Gasteiger partial charge is 0.672 e. The van der Waals surface area contributed by atoms with Crippen LogP contribution in [0.5, 0.6) is 0 Å². The van der Waals surface area contributed by atoms with Gasteiger partial charge < -0.3 is 5.73 Å². The van der Waals surface area contributed by atoms with Gasteiger partial charge in [0, 0.05) is 4.90 Å². The zero-order chi connectivity index (χ0) is 29.8. The number of nitrogens with one attached hydrogen (secondary N) is 1. The van der Waals surface area contributed by atoms with Gasteiger partial charge in [-0.2, -0.15) is 5.75 Å². The molecule has 5 heteroatoms. The minimum absolute atomic E-state index is 0. The van der Waals surface area contributed by atoms with E-state index in [1.165, 1.54) is 39.1 Å². The van der Waals surface area contributed by atoms with Crippen LogP contribution in [-0.4, -0.2) is 8.42 Å². The van der Waals surface area contributed by atoms with Crippen LogP contribution in [0.2, 0.25) is 0 Å². The Labute approximate surface area is 261 Å². The first-order chi connectivity index (χ1) is 18.8. The molecule has 4 aromatic carbocycles. The maximum Gasteiger partial charge on any atom is 2.00 e. The average Bonchev–Trinajstić information content (AvgIpc) is 2.93. The predicted molar refractivity (Wildman–Crippen MR) is 170 cm³/mol. The largest absolute Gasteiger partial charge is 2.00 e. The Morgan fingerprint density at radius 2 is 0.927 bits per heavy atom. The summed E-state index contributed by atoms with van der Waals surface area (Å²) in [6.45, 7) is 18.9. The fourth-order valence-corrected chi connectivity index (χ4v) is 7.31. The number of benzene rings is 4. The van der Waals surface area contributed by atoms with Crippen molar-refractivity contribution in [3.8, 4) is 0 Å². The molecule has 0 radical (unpaired) electrons. The van der Waals surface area contributed by atoms with Crippen LogP contribution in [-0.2, 0) is 29.3 Å². The van der Waals surface area contributed by atoms with Gasteiger partial charge in [-0.15, -0.1) is 12.0 Å². The van der Waals surface area contributed by atoms with Crippen molar-refractivity contribution in [1.82, 2.24) is 0 Å². The molecule has 4 rings (SSSR count). The molecule has 0 unspecified atom stereocenters. The predicted octanol–water partition coefficient (Wildman–Crippen LogP) is 9.66. The molecule has 0 saturated carbocycles.